The molecule has 6 nitrogen and oxygen atoms in total. The first-order chi connectivity index (χ1) is 15.2. The molecule has 162 valence electrons. The fourth-order valence-corrected chi connectivity index (χ4v) is 3.60. The summed E-state index contributed by atoms with van der Waals surface area (Å²) < 4.78 is 41.1. The van der Waals surface area contributed by atoms with Crippen LogP contribution in [0.4, 0.5) is 24.7 Å². The first kappa shape index (κ1) is 20.2. The number of hydrogen-bond donors (Lipinski definition) is 2. The van der Waals surface area contributed by atoms with Gasteiger partial charge >= 0.3 is 6.18 Å². The van der Waals surface area contributed by atoms with E-state index in [0.717, 1.165) is 23.6 Å². The summed E-state index contributed by atoms with van der Waals surface area (Å²) in [5.41, 5.74) is 1.75. The first-order valence-corrected chi connectivity index (χ1v) is 9.86. The van der Waals surface area contributed by atoms with Crippen molar-refractivity contribution in [1.29, 1.82) is 0 Å². The number of imidazole rings is 1. The Kier molecular flexibility index (Phi) is 4.52. The summed E-state index contributed by atoms with van der Waals surface area (Å²) in [5.74, 6) is 0.458. The van der Waals surface area contributed by atoms with Crippen LogP contribution in [0.1, 0.15) is 23.6 Å². The number of alkyl halides is 3. The Labute approximate surface area is 181 Å². The number of anilines is 2. The summed E-state index contributed by atoms with van der Waals surface area (Å²) in [6, 6.07) is 11.4. The van der Waals surface area contributed by atoms with Crippen LogP contribution in [0.25, 0.3) is 16.9 Å². The Morgan fingerprint density at radius 3 is 2.62 bits per heavy atom. The van der Waals surface area contributed by atoms with Gasteiger partial charge in [-0.15, -0.1) is 0 Å². The van der Waals surface area contributed by atoms with E-state index in [0.29, 0.717) is 29.4 Å². The molecule has 32 heavy (non-hydrogen) atoms. The van der Waals surface area contributed by atoms with Gasteiger partial charge in [-0.05, 0) is 41.8 Å². The summed E-state index contributed by atoms with van der Waals surface area (Å²) in [4.78, 5) is 13.3. The molecule has 0 aliphatic carbocycles. The van der Waals surface area contributed by atoms with Gasteiger partial charge in [-0.3, -0.25) is 4.99 Å². The lowest BCUT2D eigenvalue weighted by Crippen LogP contribution is -2.39. The number of hydrogen-bond acceptors (Lipinski definition) is 5. The molecule has 0 amide bonds. The number of fused-ring (bicyclic) bond motifs is 2. The van der Waals surface area contributed by atoms with Crippen molar-refractivity contribution in [3.63, 3.8) is 0 Å². The number of nitrogens with one attached hydrogen (secondary N) is 1. The standard InChI is InChI=1S/C23H18F3N5O/c1-22(32,23(24,25)26)17-4-6-18(7-5-17)29-20-21-28-8-9-31(21)13-19(30-20)14-2-3-15-11-27-12-16(15)10-14/h2-11,13,32H,12H2,1H3,(H,29,30). The van der Waals surface area contributed by atoms with Gasteiger partial charge in [0.1, 0.15) is 0 Å². The number of rotatable bonds is 4. The minimum absolute atomic E-state index is 0.247. The molecular weight excluding hydrogens is 419 g/mol. The maximum absolute atomic E-state index is 13.1. The third-order valence-corrected chi connectivity index (χ3v) is 5.57. The quantitative estimate of drug-likeness (QED) is 0.479. The summed E-state index contributed by atoms with van der Waals surface area (Å²) in [6.07, 6.45) is 2.38. The zero-order valence-electron chi connectivity index (χ0n) is 16.9. The first-order valence-electron chi connectivity index (χ1n) is 9.86. The van der Waals surface area contributed by atoms with Crippen molar-refractivity contribution in [1.82, 2.24) is 14.4 Å². The smallest absolute Gasteiger partial charge is 0.376 e. The van der Waals surface area contributed by atoms with Crippen LogP contribution in [0.2, 0.25) is 0 Å². The Balaban J connectivity index is 1.49. The molecule has 0 saturated heterocycles. The average molecular weight is 437 g/mol. The fourth-order valence-electron chi connectivity index (χ4n) is 3.60. The molecule has 2 aromatic heterocycles. The third-order valence-electron chi connectivity index (χ3n) is 5.57. The zero-order chi connectivity index (χ0) is 22.5. The van der Waals surface area contributed by atoms with Crippen molar-refractivity contribution < 1.29 is 18.3 Å². The second-order valence-corrected chi connectivity index (χ2v) is 7.79. The van der Waals surface area contributed by atoms with E-state index in [1.54, 1.807) is 12.4 Å². The molecule has 2 N–H and O–H groups in total. The SMILES string of the molecule is CC(O)(c1ccc(Nc2nc(-c3ccc4c(c3)CN=C4)cn3ccnc23)cc1)C(F)(F)F. The van der Waals surface area contributed by atoms with Crippen LogP contribution < -0.4 is 5.32 Å². The Hall–Kier alpha value is -3.72. The van der Waals surface area contributed by atoms with Crippen molar-refractivity contribution >= 4 is 23.4 Å². The minimum atomic E-state index is -4.78. The molecule has 4 aromatic rings. The molecule has 3 heterocycles. The second-order valence-electron chi connectivity index (χ2n) is 7.79. The van der Waals surface area contributed by atoms with Crippen LogP contribution in [0.3, 0.4) is 0 Å². The van der Waals surface area contributed by atoms with Crippen LogP contribution in [0.5, 0.6) is 0 Å². The molecule has 0 bridgehead atoms. The molecule has 1 aliphatic rings. The van der Waals surface area contributed by atoms with E-state index < -0.39 is 11.8 Å². The van der Waals surface area contributed by atoms with Gasteiger partial charge in [0.05, 0.1) is 12.2 Å². The van der Waals surface area contributed by atoms with Gasteiger partial charge in [0.25, 0.3) is 0 Å². The molecule has 9 heteroatoms. The summed E-state index contributed by atoms with van der Waals surface area (Å²) >= 11 is 0. The van der Waals surface area contributed by atoms with E-state index in [4.69, 9.17) is 4.98 Å². The molecule has 0 fully saturated rings. The monoisotopic (exact) mass is 437 g/mol. The maximum Gasteiger partial charge on any atom is 0.421 e. The number of halogens is 3. The van der Waals surface area contributed by atoms with E-state index in [2.05, 4.69) is 15.3 Å². The van der Waals surface area contributed by atoms with Crippen molar-refractivity contribution in [2.45, 2.75) is 25.2 Å². The predicted molar refractivity (Wildman–Crippen MR) is 115 cm³/mol. The Morgan fingerprint density at radius 2 is 1.88 bits per heavy atom. The lowest BCUT2D eigenvalue weighted by Gasteiger charge is -2.26. The summed E-state index contributed by atoms with van der Waals surface area (Å²) in [5, 5.41) is 13.0. The molecule has 1 aliphatic heterocycles. The van der Waals surface area contributed by atoms with Gasteiger partial charge in [-0.25, -0.2) is 9.97 Å². The van der Waals surface area contributed by atoms with E-state index in [-0.39, 0.29) is 5.56 Å². The van der Waals surface area contributed by atoms with Crippen molar-refractivity contribution in [2.24, 2.45) is 4.99 Å². The normalized spacial score (nSPS) is 15.0. The van der Waals surface area contributed by atoms with Gasteiger partial charge in [0, 0.05) is 36.1 Å². The highest BCUT2D eigenvalue weighted by Crippen LogP contribution is 2.39. The molecule has 0 radical (unpaired) electrons. The second kappa shape index (κ2) is 7.16. The molecule has 2 aromatic carbocycles. The van der Waals surface area contributed by atoms with Gasteiger partial charge < -0.3 is 14.8 Å². The van der Waals surface area contributed by atoms with Crippen LogP contribution in [0.15, 0.2) is 66.0 Å². The molecule has 0 saturated carbocycles. The lowest BCUT2D eigenvalue weighted by molar-refractivity contribution is -0.258. The Bertz CT molecular complexity index is 1340. The van der Waals surface area contributed by atoms with Crippen LogP contribution >= 0.6 is 0 Å². The number of aliphatic hydroxyl groups is 1. The Morgan fingerprint density at radius 1 is 1.09 bits per heavy atom. The van der Waals surface area contributed by atoms with Crippen molar-refractivity contribution in [3.8, 4) is 11.3 Å². The number of benzene rings is 2. The van der Waals surface area contributed by atoms with E-state index in [9.17, 15) is 18.3 Å². The molecular formula is C23H18F3N5O. The van der Waals surface area contributed by atoms with Gasteiger partial charge in [-0.2, -0.15) is 13.2 Å². The van der Waals surface area contributed by atoms with Gasteiger partial charge in [0.15, 0.2) is 17.1 Å². The molecule has 1 atom stereocenters. The minimum Gasteiger partial charge on any atom is -0.376 e. The van der Waals surface area contributed by atoms with Crippen LogP contribution in [-0.2, 0) is 12.1 Å². The van der Waals surface area contributed by atoms with E-state index in [1.807, 2.05) is 35.0 Å². The number of aliphatic imine (C=N–C) groups is 1. The molecule has 5 rings (SSSR count). The summed E-state index contributed by atoms with van der Waals surface area (Å²) in [6.45, 7) is 1.37. The number of aromatic nitrogens is 3. The van der Waals surface area contributed by atoms with E-state index >= 15 is 0 Å². The highest BCUT2D eigenvalue weighted by Gasteiger charge is 2.51. The van der Waals surface area contributed by atoms with E-state index in [1.165, 1.54) is 24.3 Å². The maximum atomic E-state index is 13.1. The number of nitrogens with zero attached hydrogens (tertiary/aromatic N) is 4. The largest absolute Gasteiger partial charge is 0.421 e. The summed E-state index contributed by atoms with van der Waals surface area (Å²) in [7, 11) is 0. The zero-order valence-corrected chi connectivity index (χ0v) is 16.9. The van der Waals surface area contributed by atoms with Gasteiger partial charge in [0.2, 0.25) is 0 Å². The van der Waals surface area contributed by atoms with Gasteiger partial charge in [-0.1, -0.05) is 24.3 Å². The van der Waals surface area contributed by atoms with Crippen LogP contribution in [0, 0.1) is 0 Å². The highest BCUT2D eigenvalue weighted by atomic mass is 19.4. The van der Waals surface area contributed by atoms with Crippen LogP contribution in [-0.4, -0.2) is 31.9 Å². The third kappa shape index (κ3) is 3.40. The topological polar surface area (TPSA) is 74.8 Å². The molecule has 0 spiro atoms. The molecule has 1 unspecified atom stereocenters. The predicted octanol–water partition coefficient (Wildman–Crippen LogP) is 4.84. The van der Waals surface area contributed by atoms with Crippen molar-refractivity contribution in [2.75, 3.05) is 5.32 Å². The van der Waals surface area contributed by atoms with Crippen molar-refractivity contribution in [3.05, 3.63) is 77.7 Å². The lowest BCUT2D eigenvalue weighted by atomic mass is 9.95. The average Bonchev–Trinajstić information content (AvgIpc) is 3.42. The fraction of sp³-hybridized carbons (Fsp3) is 0.174. The highest BCUT2D eigenvalue weighted by molar-refractivity contribution is 5.86.